The molecule has 2 unspecified atom stereocenters. The number of methoxy groups -OCH3 is 1. The lowest BCUT2D eigenvalue weighted by Crippen LogP contribution is -2.52. The first-order chi connectivity index (χ1) is 18.5. The first-order valence-corrected chi connectivity index (χ1v) is 14.2. The van der Waals surface area contributed by atoms with Gasteiger partial charge in [0.05, 0.1) is 7.11 Å². The molecular formula is C30H39N3O5S. The second-order valence-electron chi connectivity index (χ2n) is 9.90. The van der Waals surface area contributed by atoms with Gasteiger partial charge in [-0.05, 0) is 87.6 Å². The van der Waals surface area contributed by atoms with E-state index in [-0.39, 0.29) is 5.91 Å². The number of nitrogens with one attached hydrogen (secondary N) is 2. The number of carbonyl (C=O) groups excluding carboxylic acids is 3. The molecule has 2 N–H and O–H groups in total. The van der Waals surface area contributed by atoms with Crippen LogP contribution in [0.1, 0.15) is 57.7 Å². The van der Waals surface area contributed by atoms with Gasteiger partial charge in [0.1, 0.15) is 23.4 Å². The van der Waals surface area contributed by atoms with Gasteiger partial charge in [0.2, 0.25) is 5.91 Å². The number of hydrogen-bond donors (Lipinski definition) is 2. The molecule has 0 saturated carbocycles. The Balaban J connectivity index is 2.48. The zero-order valence-corrected chi connectivity index (χ0v) is 24.4. The standard InChI is InChI=1S/C30H39N3O5S/c1-8-19-33(28(35)25(18-20-39-7)32-29(36)38-30(3,4)5)26(22-12-10-21(9-2)11-13-22)27(34)31-23-14-16-24(37-6)17-15-23/h2,10-17,25-26H,8,18-20H2,1,3-7H3,(H,31,34)(H,32,36). The van der Waals surface area contributed by atoms with E-state index in [0.717, 1.165) is 0 Å². The maximum absolute atomic E-state index is 14.0. The molecule has 0 bridgehead atoms. The van der Waals surface area contributed by atoms with Crippen LogP contribution in [0.2, 0.25) is 0 Å². The summed E-state index contributed by atoms with van der Waals surface area (Å²) in [6.45, 7) is 7.50. The van der Waals surface area contributed by atoms with Gasteiger partial charge in [-0.1, -0.05) is 25.0 Å². The normalized spacial score (nSPS) is 12.4. The number of amides is 3. The third-order valence-electron chi connectivity index (χ3n) is 5.66. The molecule has 39 heavy (non-hydrogen) atoms. The van der Waals surface area contributed by atoms with Crippen LogP contribution in [0.3, 0.4) is 0 Å². The molecule has 0 aromatic heterocycles. The summed E-state index contributed by atoms with van der Waals surface area (Å²) in [5.74, 6) is 3.10. The molecule has 0 fully saturated rings. The van der Waals surface area contributed by atoms with Crippen molar-refractivity contribution < 1.29 is 23.9 Å². The first kappa shape index (κ1) is 31.6. The number of ether oxygens (including phenoxy) is 2. The van der Waals surface area contributed by atoms with E-state index in [1.54, 1.807) is 88.2 Å². The van der Waals surface area contributed by atoms with Gasteiger partial charge in [-0.3, -0.25) is 9.59 Å². The number of thioether (sulfide) groups is 1. The molecule has 3 amide bonds. The average Bonchev–Trinajstić information content (AvgIpc) is 2.90. The molecule has 0 aliphatic heterocycles. The lowest BCUT2D eigenvalue weighted by Gasteiger charge is -2.34. The average molecular weight is 554 g/mol. The zero-order chi connectivity index (χ0) is 29.0. The molecule has 2 aromatic rings. The van der Waals surface area contributed by atoms with Crippen LogP contribution in [0.15, 0.2) is 48.5 Å². The van der Waals surface area contributed by atoms with Crippen LogP contribution in [0.5, 0.6) is 5.75 Å². The van der Waals surface area contributed by atoms with Crippen LogP contribution in [-0.4, -0.2) is 60.1 Å². The number of terminal acetylenes is 1. The molecule has 210 valence electrons. The van der Waals surface area contributed by atoms with Crippen molar-refractivity contribution in [3.63, 3.8) is 0 Å². The van der Waals surface area contributed by atoms with Crippen LogP contribution >= 0.6 is 11.8 Å². The Bertz CT molecular complexity index is 1140. The molecule has 9 heteroatoms. The maximum atomic E-state index is 14.0. The maximum Gasteiger partial charge on any atom is 0.408 e. The highest BCUT2D eigenvalue weighted by Crippen LogP contribution is 2.26. The minimum Gasteiger partial charge on any atom is -0.497 e. The van der Waals surface area contributed by atoms with E-state index >= 15 is 0 Å². The number of anilines is 1. The summed E-state index contributed by atoms with van der Waals surface area (Å²) >= 11 is 1.56. The molecule has 0 heterocycles. The molecule has 0 aliphatic carbocycles. The van der Waals surface area contributed by atoms with Gasteiger partial charge in [0.15, 0.2) is 0 Å². The molecule has 0 aliphatic rings. The van der Waals surface area contributed by atoms with Crippen molar-refractivity contribution in [3.8, 4) is 18.1 Å². The van der Waals surface area contributed by atoms with E-state index in [0.29, 0.717) is 47.7 Å². The highest BCUT2D eigenvalue weighted by molar-refractivity contribution is 7.98. The fraction of sp³-hybridized carbons (Fsp3) is 0.433. The van der Waals surface area contributed by atoms with Crippen molar-refractivity contribution in [2.75, 3.05) is 31.0 Å². The second-order valence-corrected chi connectivity index (χ2v) is 10.9. The van der Waals surface area contributed by atoms with E-state index in [1.807, 2.05) is 13.2 Å². The highest BCUT2D eigenvalue weighted by atomic mass is 32.2. The van der Waals surface area contributed by atoms with Gasteiger partial charge < -0.3 is 25.0 Å². The Kier molecular flexibility index (Phi) is 12.2. The largest absolute Gasteiger partial charge is 0.497 e. The van der Waals surface area contributed by atoms with Gasteiger partial charge >= 0.3 is 6.09 Å². The first-order valence-electron chi connectivity index (χ1n) is 12.8. The zero-order valence-electron chi connectivity index (χ0n) is 23.6. The van der Waals surface area contributed by atoms with Crippen molar-refractivity contribution in [2.45, 2.75) is 58.2 Å². The van der Waals surface area contributed by atoms with Crippen LogP contribution < -0.4 is 15.4 Å². The van der Waals surface area contributed by atoms with Crippen LogP contribution in [-0.2, 0) is 14.3 Å². The van der Waals surface area contributed by atoms with Gasteiger partial charge in [0.25, 0.3) is 5.91 Å². The molecule has 0 saturated heterocycles. The second kappa shape index (κ2) is 15.1. The predicted octanol–water partition coefficient (Wildman–Crippen LogP) is 5.24. The van der Waals surface area contributed by atoms with Gasteiger partial charge in [0, 0.05) is 17.8 Å². The molecule has 0 spiro atoms. The van der Waals surface area contributed by atoms with E-state index in [2.05, 4.69) is 16.6 Å². The van der Waals surface area contributed by atoms with Crippen LogP contribution in [0.25, 0.3) is 0 Å². The summed E-state index contributed by atoms with van der Waals surface area (Å²) in [5.41, 5.74) is 1.09. The molecule has 2 aromatic carbocycles. The van der Waals surface area contributed by atoms with E-state index in [4.69, 9.17) is 15.9 Å². The van der Waals surface area contributed by atoms with Gasteiger partial charge in [-0.25, -0.2) is 4.79 Å². The Labute approximate surface area is 236 Å². The number of alkyl carbamates (subject to hydrolysis) is 1. The number of nitrogens with zero attached hydrogens (tertiary/aromatic N) is 1. The van der Waals surface area contributed by atoms with Gasteiger partial charge in [-0.15, -0.1) is 6.42 Å². The Morgan fingerprint density at radius 3 is 2.23 bits per heavy atom. The summed E-state index contributed by atoms with van der Waals surface area (Å²) in [4.78, 5) is 42.0. The number of carbonyl (C=O) groups is 3. The third-order valence-corrected chi connectivity index (χ3v) is 6.30. The van der Waals surface area contributed by atoms with Crippen molar-refractivity contribution >= 4 is 35.4 Å². The fourth-order valence-corrected chi connectivity index (χ4v) is 4.34. The molecule has 0 radical (unpaired) electrons. The number of rotatable bonds is 12. The molecule has 2 atom stereocenters. The minimum absolute atomic E-state index is 0.294. The summed E-state index contributed by atoms with van der Waals surface area (Å²) in [6, 6.07) is 12.1. The Morgan fingerprint density at radius 1 is 1.08 bits per heavy atom. The van der Waals surface area contributed by atoms with Crippen molar-refractivity contribution in [1.82, 2.24) is 10.2 Å². The topological polar surface area (TPSA) is 97.0 Å². The van der Waals surface area contributed by atoms with Crippen LogP contribution in [0, 0.1) is 12.3 Å². The summed E-state index contributed by atoms with van der Waals surface area (Å²) < 4.78 is 10.6. The number of benzene rings is 2. The number of hydrogen-bond acceptors (Lipinski definition) is 6. The van der Waals surface area contributed by atoms with Crippen molar-refractivity contribution in [2.24, 2.45) is 0 Å². The lowest BCUT2D eigenvalue weighted by molar-refractivity contribution is -0.140. The van der Waals surface area contributed by atoms with E-state index < -0.39 is 29.7 Å². The smallest absolute Gasteiger partial charge is 0.408 e. The van der Waals surface area contributed by atoms with E-state index in [1.165, 1.54) is 4.90 Å². The van der Waals surface area contributed by atoms with Crippen molar-refractivity contribution in [3.05, 3.63) is 59.7 Å². The summed E-state index contributed by atoms with van der Waals surface area (Å²) in [6.07, 6.45) is 7.76. The minimum atomic E-state index is -0.969. The third kappa shape index (κ3) is 9.88. The van der Waals surface area contributed by atoms with Gasteiger partial charge in [-0.2, -0.15) is 11.8 Å². The monoisotopic (exact) mass is 553 g/mol. The molecular weight excluding hydrogens is 514 g/mol. The lowest BCUT2D eigenvalue weighted by atomic mass is 10.0. The summed E-state index contributed by atoms with van der Waals surface area (Å²) in [5, 5.41) is 5.66. The van der Waals surface area contributed by atoms with Crippen LogP contribution in [0.4, 0.5) is 10.5 Å². The Morgan fingerprint density at radius 2 is 1.72 bits per heavy atom. The highest BCUT2D eigenvalue weighted by Gasteiger charge is 2.36. The molecule has 2 rings (SSSR count). The van der Waals surface area contributed by atoms with Crippen molar-refractivity contribution in [1.29, 1.82) is 0 Å². The summed E-state index contributed by atoms with van der Waals surface area (Å²) in [7, 11) is 1.57. The fourth-order valence-electron chi connectivity index (χ4n) is 3.87. The molecule has 8 nitrogen and oxygen atoms in total. The van der Waals surface area contributed by atoms with E-state index in [9.17, 15) is 14.4 Å². The quantitative estimate of drug-likeness (QED) is 0.349. The predicted molar refractivity (Wildman–Crippen MR) is 157 cm³/mol. The SMILES string of the molecule is C#Cc1ccc(C(C(=O)Nc2ccc(OC)cc2)N(CCC)C(=O)C(CCSC)NC(=O)OC(C)(C)C)cc1. The Hall–Kier alpha value is -3.64.